The van der Waals surface area contributed by atoms with Crippen LogP contribution in [0.15, 0.2) is 89.4 Å². The molecule has 7 nitrogen and oxygen atoms in total. The number of aromatic nitrogens is 2. The summed E-state index contributed by atoms with van der Waals surface area (Å²) in [4.78, 5) is 32.7. The van der Waals surface area contributed by atoms with Crippen molar-refractivity contribution in [1.29, 1.82) is 5.26 Å². The minimum atomic E-state index is -0.815. The molecule has 4 aromatic rings. The number of nitrogens with zero attached hydrogens (tertiary/aromatic N) is 4. The number of benzene rings is 2. The SMILES string of the molecule is COC(=O)/C(C#N)=C/c1c(N(Cc2ccccc2)Cc2ccccc2)nc2c(C)cccn2c1=O. The second kappa shape index (κ2) is 10.5. The predicted molar refractivity (Wildman–Crippen MR) is 135 cm³/mol. The Bertz CT molecular complexity index is 1440. The average molecular weight is 465 g/mol. The summed E-state index contributed by atoms with van der Waals surface area (Å²) < 4.78 is 6.17. The van der Waals surface area contributed by atoms with E-state index in [-0.39, 0.29) is 16.7 Å². The van der Waals surface area contributed by atoms with Gasteiger partial charge in [-0.3, -0.25) is 9.20 Å². The maximum Gasteiger partial charge on any atom is 0.348 e. The first-order valence-electron chi connectivity index (χ1n) is 11.1. The number of hydrogen-bond donors (Lipinski definition) is 0. The number of carbonyl (C=O) groups is 1. The molecule has 35 heavy (non-hydrogen) atoms. The molecule has 0 unspecified atom stereocenters. The third-order valence-electron chi connectivity index (χ3n) is 5.61. The van der Waals surface area contributed by atoms with Gasteiger partial charge in [-0.25, -0.2) is 9.78 Å². The van der Waals surface area contributed by atoms with Crippen LogP contribution >= 0.6 is 0 Å². The normalized spacial score (nSPS) is 11.2. The van der Waals surface area contributed by atoms with E-state index in [4.69, 9.17) is 9.72 Å². The Morgan fingerprint density at radius 2 is 1.63 bits per heavy atom. The van der Waals surface area contributed by atoms with Crippen LogP contribution < -0.4 is 10.5 Å². The maximum absolute atomic E-state index is 13.7. The number of nitriles is 1. The quantitative estimate of drug-likeness (QED) is 0.230. The molecule has 0 amide bonds. The number of fused-ring (bicyclic) bond motifs is 1. The second-order valence-electron chi connectivity index (χ2n) is 8.03. The zero-order valence-corrected chi connectivity index (χ0v) is 19.5. The van der Waals surface area contributed by atoms with Crippen molar-refractivity contribution in [2.45, 2.75) is 20.0 Å². The van der Waals surface area contributed by atoms with Crippen LogP contribution in [0.25, 0.3) is 11.7 Å². The lowest BCUT2D eigenvalue weighted by molar-refractivity contribution is -0.135. The summed E-state index contributed by atoms with van der Waals surface area (Å²) in [5, 5.41) is 9.58. The molecule has 0 aliphatic carbocycles. The third kappa shape index (κ3) is 5.12. The predicted octanol–water partition coefficient (Wildman–Crippen LogP) is 4.29. The highest BCUT2D eigenvalue weighted by Gasteiger charge is 2.21. The van der Waals surface area contributed by atoms with Crippen LogP contribution in [0.1, 0.15) is 22.3 Å². The molecule has 7 heteroatoms. The van der Waals surface area contributed by atoms with Crippen LogP contribution in [-0.2, 0) is 22.6 Å². The van der Waals surface area contributed by atoms with E-state index in [1.54, 1.807) is 12.3 Å². The molecule has 0 spiro atoms. The highest BCUT2D eigenvalue weighted by Crippen LogP contribution is 2.24. The summed E-state index contributed by atoms with van der Waals surface area (Å²) in [6.07, 6.45) is 2.90. The fraction of sp³-hybridized carbons (Fsp3) is 0.143. The zero-order valence-electron chi connectivity index (χ0n) is 19.5. The van der Waals surface area contributed by atoms with E-state index in [0.29, 0.717) is 24.6 Å². The molecule has 2 aromatic heterocycles. The summed E-state index contributed by atoms with van der Waals surface area (Å²) in [5.74, 6) is -0.432. The van der Waals surface area contributed by atoms with E-state index < -0.39 is 5.97 Å². The van der Waals surface area contributed by atoms with Gasteiger partial charge in [-0.1, -0.05) is 66.7 Å². The van der Waals surface area contributed by atoms with Crippen molar-refractivity contribution >= 4 is 23.5 Å². The van der Waals surface area contributed by atoms with Crippen LogP contribution in [0.2, 0.25) is 0 Å². The van der Waals surface area contributed by atoms with Gasteiger partial charge < -0.3 is 9.64 Å². The first-order valence-corrected chi connectivity index (χ1v) is 11.1. The van der Waals surface area contributed by atoms with Crippen LogP contribution in [0.4, 0.5) is 5.82 Å². The largest absolute Gasteiger partial charge is 0.465 e. The van der Waals surface area contributed by atoms with Gasteiger partial charge in [0.2, 0.25) is 0 Å². The number of methoxy groups -OCH3 is 1. The summed E-state index contributed by atoms with van der Waals surface area (Å²) in [6, 6.07) is 25.2. The fourth-order valence-electron chi connectivity index (χ4n) is 3.87. The Balaban J connectivity index is 1.98. The molecular formula is C28H24N4O3. The summed E-state index contributed by atoms with van der Waals surface area (Å²) in [5.41, 5.74) is 2.87. The van der Waals surface area contributed by atoms with E-state index in [1.807, 2.05) is 84.6 Å². The number of anilines is 1. The van der Waals surface area contributed by atoms with E-state index in [2.05, 4.69) is 0 Å². The van der Waals surface area contributed by atoms with E-state index in [9.17, 15) is 14.9 Å². The van der Waals surface area contributed by atoms with Crippen molar-refractivity contribution in [1.82, 2.24) is 9.38 Å². The number of ether oxygens (including phenoxy) is 1. The summed E-state index contributed by atoms with van der Waals surface area (Å²) >= 11 is 0. The van der Waals surface area contributed by atoms with Gasteiger partial charge in [-0.15, -0.1) is 0 Å². The number of rotatable bonds is 7. The molecule has 4 rings (SSSR count). The standard InChI is InChI=1S/C28H24N4O3/c1-20-10-9-15-32-25(20)30-26(24(27(32)33)16-23(17-29)28(34)35-2)31(18-21-11-5-3-6-12-21)19-22-13-7-4-8-14-22/h3-16H,18-19H2,1-2H3/b23-16+. The smallest absolute Gasteiger partial charge is 0.348 e. The molecule has 0 bridgehead atoms. The number of aryl methyl sites for hydroxylation is 1. The lowest BCUT2D eigenvalue weighted by atomic mass is 10.1. The highest BCUT2D eigenvalue weighted by molar-refractivity contribution is 5.98. The Kier molecular flexibility index (Phi) is 7.03. The number of carbonyl (C=O) groups excluding carboxylic acids is 1. The van der Waals surface area contributed by atoms with E-state index in [0.717, 1.165) is 16.7 Å². The summed E-state index contributed by atoms with van der Waals surface area (Å²) in [7, 11) is 1.19. The molecule has 0 atom stereocenters. The number of hydrogen-bond acceptors (Lipinski definition) is 6. The van der Waals surface area contributed by atoms with Crippen molar-refractivity contribution in [3.05, 3.63) is 117 Å². The molecule has 2 heterocycles. The van der Waals surface area contributed by atoms with Gasteiger partial charge in [-0.2, -0.15) is 5.26 Å². The molecule has 174 valence electrons. The van der Waals surface area contributed by atoms with Gasteiger partial charge in [0.25, 0.3) is 5.56 Å². The molecule has 0 saturated heterocycles. The van der Waals surface area contributed by atoms with Crippen molar-refractivity contribution in [3.8, 4) is 6.07 Å². The van der Waals surface area contributed by atoms with Crippen LogP contribution in [0.5, 0.6) is 0 Å². The number of pyridine rings is 1. The zero-order chi connectivity index (χ0) is 24.8. The molecule has 2 aromatic carbocycles. The molecule has 0 N–H and O–H groups in total. The highest BCUT2D eigenvalue weighted by atomic mass is 16.5. The topological polar surface area (TPSA) is 87.7 Å². The molecule has 0 aliphatic rings. The van der Waals surface area contributed by atoms with Crippen molar-refractivity contribution in [3.63, 3.8) is 0 Å². The van der Waals surface area contributed by atoms with Crippen molar-refractivity contribution in [2.24, 2.45) is 0 Å². The Labute approximate surface area is 203 Å². The van der Waals surface area contributed by atoms with E-state index in [1.165, 1.54) is 17.6 Å². The third-order valence-corrected chi connectivity index (χ3v) is 5.61. The molecule has 0 saturated carbocycles. The lowest BCUT2D eigenvalue weighted by Gasteiger charge is -2.26. The van der Waals surface area contributed by atoms with Crippen molar-refractivity contribution < 1.29 is 9.53 Å². The Morgan fingerprint density at radius 3 is 2.17 bits per heavy atom. The van der Waals surface area contributed by atoms with Gasteiger partial charge in [0.1, 0.15) is 23.1 Å². The minimum Gasteiger partial charge on any atom is -0.465 e. The van der Waals surface area contributed by atoms with Gasteiger partial charge in [0.05, 0.1) is 12.7 Å². The van der Waals surface area contributed by atoms with Gasteiger partial charge in [0.15, 0.2) is 0 Å². The molecule has 0 aliphatic heterocycles. The average Bonchev–Trinajstić information content (AvgIpc) is 2.89. The van der Waals surface area contributed by atoms with Crippen LogP contribution in [-0.4, -0.2) is 22.5 Å². The maximum atomic E-state index is 13.7. The lowest BCUT2D eigenvalue weighted by Crippen LogP contribution is -2.29. The van der Waals surface area contributed by atoms with E-state index >= 15 is 0 Å². The first kappa shape index (κ1) is 23.5. The molecule has 0 fully saturated rings. The van der Waals surface area contributed by atoms with Gasteiger partial charge >= 0.3 is 5.97 Å². The number of esters is 1. The molecule has 0 radical (unpaired) electrons. The summed E-state index contributed by atoms with van der Waals surface area (Å²) in [6.45, 7) is 2.81. The van der Waals surface area contributed by atoms with Crippen LogP contribution in [0.3, 0.4) is 0 Å². The molecular weight excluding hydrogens is 440 g/mol. The Morgan fingerprint density at radius 1 is 1.03 bits per heavy atom. The first-order chi connectivity index (χ1) is 17.0. The van der Waals surface area contributed by atoms with Gasteiger partial charge in [-0.05, 0) is 35.8 Å². The Hall–Kier alpha value is -4.70. The minimum absolute atomic E-state index is 0.141. The van der Waals surface area contributed by atoms with Gasteiger partial charge in [0, 0.05) is 19.3 Å². The second-order valence-corrected chi connectivity index (χ2v) is 8.03. The van der Waals surface area contributed by atoms with Crippen molar-refractivity contribution in [2.75, 3.05) is 12.0 Å². The van der Waals surface area contributed by atoms with Crippen LogP contribution in [0, 0.1) is 18.3 Å². The monoisotopic (exact) mass is 464 g/mol. The fourth-order valence-corrected chi connectivity index (χ4v) is 3.87.